The molecule has 0 bridgehead atoms. The monoisotopic (exact) mass is 313 g/mol. The van der Waals surface area contributed by atoms with Crippen LogP contribution in [0.15, 0.2) is 18.2 Å². The van der Waals surface area contributed by atoms with Gasteiger partial charge in [-0.25, -0.2) is 0 Å². The quantitative estimate of drug-likeness (QED) is 0.773. The van der Waals surface area contributed by atoms with E-state index >= 15 is 0 Å². The van der Waals surface area contributed by atoms with E-state index in [1.807, 2.05) is 12.1 Å². The molecule has 0 amide bonds. The van der Waals surface area contributed by atoms with Crippen molar-refractivity contribution in [2.75, 3.05) is 6.54 Å². The van der Waals surface area contributed by atoms with Crippen LogP contribution < -0.4 is 5.32 Å². The Kier molecular flexibility index (Phi) is 6.20. The fourth-order valence-electron chi connectivity index (χ4n) is 3.43. The zero-order valence-electron chi connectivity index (χ0n) is 12.5. The number of halogens is 2. The standard InChI is InChI=1S/C17H25Cl2N/c1-3-20-17(14-6-4-5-12(2)9-14)11-13-7-8-15(18)16(19)10-13/h7-8,10,12,14,17,20H,3-6,9,11H2,1-2H3. The highest BCUT2D eigenvalue weighted by Crippen LogP contribution is 2.32. The van der Waals surface area contributed by atoms with Gasteiger partial charge in [-0.3, -0.25) is 0 Å². The summed E-state index contributed by atoms with van der Waals surface area (Å²) in [6.45, 7) is 5.60. The molecule has 1 fully saturated rings. The predicted molar refractivity (Wildman–Crippen MR) is 88.8 cm³/mol. The molecule has 3 atom stereocenters. The Morgan fingerprint density at radius 3 is 2.70 bits per heavy atom. The van der Waals surface area contributed by atoms with Crippen molar-refractivity contribution in [3.05, 3.63) is 33.8 Å². The van der Waals surface area contributed by atoms with Crippen LogP contribution in [0.4, 0.5) is 0 Å². The third kappa shape index (κ3) is 4.38. The van der Waals surface area contributed by atoms with Gasteiger partial charge in [0.05, 0.1) is 10.0 Å². The van der Waals surface area contributed by atoms with Crippen molar-refractivity contribution in [1.82, 2.24) is 5.32 Å². The minimum atomic E-state index is 0.556. The fraction of sp³-hybridized carbons (Fsp3) is 0.647. The van der Waals surface area contributed by atoms with E-state index in [1.54, 1.807) is 0 Å². The molecule has 0 heterocycles. The van der Waals surface area contributed by atoms with Gasteiger partial charge < -0.3 is 5.32 Å². The van der Waals surface area contributed by atoms with Gasteiger partial charge in [-0.1, -0.05) is 56.0 Å². The summed E-state index contributed by atoms with van der Waals surface area (Å²) in [6, 6.07) is 6.58. The SMILES string of the molecule is CCNC(Cc1ccc(Cl)c(Cl)c1)C1CCCC(C)C1. The molecule has 0 radical (unpaired) electrons. The summed E-state index contributed by atoms with van der Waals surface area (Å²) in [7, 11) is 0. The lowest BCUT2D eigenvalue weighted by molar-refractivity contribution is 0.222. The maximum atomic E-state index is 6.13. The first-order chi connectivity index (χ1) is 9.60. The highest BCUT2D eigenvalue weighted by molar-refractivity contribution is 6.42. The number of rotatable bonds is 5. The van der Waals surface area contributed by atoms with Gasteiger partial charge in [0.25, 0.3) is 0 Å². The molecule has 3 unspecified atom stereocenters. The Bertz CT molecular complexity index is 433. The Labute approximate surface area is 133 Å². The zero-order chi connectivity index (χ0) is 14.5. The molecule has 1 nitrogen and oxygen atoms in total. The molecule has 1 saturated carbocycles. The molecule has 0 aliphatic heterocycles. The first-order valence-corrected chi connectivity index (χ1v) is 8.53. The minimum absolute atomic E-state index is 0.556. The molecular weight excluding hydrogens is 289 g/mol. The second-order valence-electron chi connectivity index (χ2n) is 6.15. The highest BCUT2D eigenvalue weighted by Gasteiger charge is 2.26. The second kappa shape index (κ2) is 7.68. The Hall–Kier alpha value is -0.240. The molecule has 3 heteroatoms. The molecule has 1 aromatic rings. The van der Waals surface area contributed by atoms with Crippen LogP contribution >= 0.6 is 23.2 Å². The van der Waals surface area contributed by atoms with Gasteiger partial charge in [0.15, 0.2) is 0 Å². The Balaban J connectivity index is 2.06. The van der Waals surface area contributed by atoms with Crippen LogP contribution in [0.5, 0.6) is 0 Å². The summed E-state index contributed by atoms with van der Waals surface area (Å²) < 4.78 is 0. The molecule has 1 aromatic carbocycles. The molecule has 1 aliphatic rings. The van der Waals surface area contributed by atoms with Crippen LogP contribution in [0.3, 0.4) is 0 Å². The average Bonchev–Trinajstić information content (AvgIpc) is 2.42. The number of hydrogen-bond acceptors (Lipinski definition) is 1. The number of benzene rings is 1. The normalized spacial score (nSPS) is 24.6. The number of likely N-dealkylation sites (N-methyl/N-ethyl adjacent to an activating group) is 1. The summed E-state index contributed by atoms with van der Waals surface area (Å²) in [5, 5.41) is 4.98. The first-order valence-electron chi connectivity index (χ1n) is 7.77. The smallest absolute Gasteiger partial charge is 0.0595 e. The molecule has 0 saturated heterocycles. The Morgan fingerprint density at radius 2 is 2.05 bits per heavy atom. The van der Waals surface area contributed by atoms with E-state index in [4.69, 9.17) is 23.2 Å². The van der Waals surface area contributed by atoms with Crippen LogP contribution in [0, 0.1) is 11.8 Å². The van der Waals surface area contributed by atoms with Crippen molar-refractivity contribution in [3.63, 3.8) is 0 Å². The van der Waals surface area contributed by atoms with Gasteiger partial charge in [-0.2, -0.15) is 0 Å². The van der Waals surface area contributed by atoms with E-state index in [1.165, 1.54) is 31.2 Å². The van der Waals surface area contributed by atoms with Crippen molar-refractivity contribution in [2.45, 2.75) is 52.0 Å². The highest BCUT2D eigenvalue weighted by atomic mass is 35.5. The van der Waals surface area contributed by atoms with Crippen molar-refractivity contribution < 1.29 is 0 Å². The number of nitrogens with one attached hydrogen (secondary N) is 1. The van der Waals surface area contributed by atoms with E-state index in [9.17, 15) is 0 Å². The lowest BCUT2D eigenvalue weighted by Gasteiger charge is -2.34. The molecule has 112 valence electrons. The van der Waals surface area contributed by atoms with E-state index in [2.05, 4.69) is 25.2 Å². The largest absolute Gasteiger partial charge is 0.314 e. The van der Waals surface area contributed by atoms with E-state index in [0.29, 0.717) is 16.1 Å². The van der Waals surface area contributed by atoms with Crippen molar-refractivity contribution in [1.29, 1.82) is 0 Å². The van der Waals surface area contributed by atoms with Crippen molar-refractivity contribution in [3.8, 4) is 0 Å². The summed E-state index contributed by atoms with van der Waals surface area (Å²) in [5.74, 6) is 1.65. The third-order valence-electron chi connectivity index (χ3n) is 4.45. The van der Waals surface area contributed by atoms with Gasteiger partial charge in [0, 0.05) is 6.04 Å². The van der Waals surface area contributed by atoms with Crippen LogP contribution in [0.25, 0.3) is 0 Å². The lowest BCUT2D eigenvalue weighted by atomic mass is 9.77. The Morgan fingerprint density at radius 1 is 1.25 bits per heavy atom. The molecule has 0 spiro atoms. The predicted octanol–water partition coefficient (Wildman–Crippen LogP) is 5.34. The molecule has 1 N–H and O–H groups in total. The van der Waals surface area contributed by atoms with Crippen LogP contribution in [-0.2, 0) is 6.42 Å². The zero-order valence-corrected chi connectivity index (χ0v) is 14.0. The minimum Gasteiger partial charge on any atom is -0.314 e. The third-order valence-corrected chi connectivity index (χ3v) is 5.19. The summed E-state index contributed by atoms with van der Waals surface area (Å²) in [6.07, 6.45) is 6.50. The lowest BCUT2D eigenvalue weighted by Crippen LogP contribution is -2.40. The van der Waals surface area contributed by atoms with Crippen LogP contribution in [-0.4, -0.2) is 12.6 Å². The van der Waals surface area contributed by atoms with E-state index < -0.39 is 0 Å². The van der Waals surface area contributed by atoms with Gasteiger partial charge in [0.1, 0.15) is 0 Å². The van der Waals surface area contributed by atoms with Crippen molar-refractivity contribution in [2.24, 2.45) is 11.8 Å². The van der Waals surface area contributed by atoms with Crippen molar-refractivity contribution >= 4 is 23.2 Å². The summed E-state index contributed by atoms with van der Waals surface area (Å²) >= 11 is 12.1. The summed E-state index contributed by atoms with van der Waals surface area (Å²) in [4.78, 5) is 0. The maximum Gasteiger partial charge on any atom is 0.0595 e. The molecule has 20 heavy (non-hydrogen) atoms. The van der Waals surface area contributed by atoms with Gasteiger partial charge in [-0.15, -0.1) is 0 Å². The first kappa shape index (κ1) is 16.1. The van der Waals surface area contributed by atoms with E-state index in [0.717, 1.165) is 24.8 Å². The topological polar surface area (TPSA) is 12.0 Å². The second-order valence-corrected chi connectivity index (χ2v) is 6.96. The van der Waals surface area contributed by atoms with Crippen LogP contribution in [0.1, 0.15) is 45.1 Å². The van der Waals surface area contributed by atoms with Gasteiger partial charge in [-0.05, 0) is 55.3 Å². The number of hydrogen-bond donors (Lipinski definition) is 1. The van der Waals surface area contributed by atoms with Gasteiger partial charge >= 0.3 is 0 Å². The molecule has 1 aliphatic carbocycles. The molecule has 0 aromatic heterocycles. The van der Waals surface area contributed by atoms with Crippen LogP contribution in [0.2, 0.25) is 10.0 Å². The summed E-state index contributed by atoms with van der Waals surface area (Å²) in [5.41, 5.74) is 1.28. The maximum absolute atomic E-state index is 6.13. The molecular formula is C17H25Cl2N. The van der Waals surface area contributed by atoms with E-state index in [-0.39, 0.29) is 0 Å². The molecule has 2 rings (SSSR count). The van der Waals surface area contributed by atoms with Gasteiger partial charge in [0.2, 0.25) is 0 Å². The fourth-order valence-corrected chi connectivity index (χ4v) is 3.76. The average molecular weight is 314 g/mol.